The highest BCUT2D eigenvalue weighted by atomic mass is 32.2. The molecule has 0 saturated carbocycles. The monoisotopic (exact) mass is 358 g/mol. The lowest BCUT2D eigenvalue weighted by molar-refractivity contribution is -0.120. The zero-order valence-corrected chi connectivity index (χ0v) is 15.0. The number of nitrogens with one attached hydrogen (secondary N) is 1. The molecular formula is C19H22N2O3S. The van der Waals surface area contributed by atoms with Gasteiger partial charge in [-0.15, -0.1) is 0 Å². The van der Waals surface area contributed by atoms with E-state index in [-0.39, 0.29) is 23.3 Å². The second kappa shape index (κ2) is 7.37. The van der Waals surface area contributed by atoms with Crippen molar-refractivity contribution in [3.63, 3.8) is 0 Å². The summed E-state index contributed by atoms with van der Waals surface area (Å²) in [7, 11) is -3.56. The van der Waals surface area contributed by atoms with E-state index in [9.17, 15) is 13.2 Å². The molecule has 132 valence electrons. The Hall–Kier alpha value is -2.18. The molecule has 0 spiro atoms. The van der Waals surface area contributed by atoms with Crippen LogP contribution in [0.15, 0.2) is 59.5 Å². The van der Waals surface area contributed by atoms with Crippen molar-refractivity contribution in [2.75, 3.05) is 18.4 Å². The summed E-state index contributed by atoms with van der Waals surface area (Å²) in [4.78, 5) is 12.9. The molecule has 1 heterocycles. The SMILES string of the molecule is Cc1ccccc1NC(=O)[C@H]1CCCN(S(=O)(=O)c2ccccc2)C1. The van der Waals surface area contributed by atoms with Crippen molar-refractivity contribution in [3.8, 4) is 0 Å². The standard InChI is InChI=1S/C19H22N2O3S/c1-15-8-5-6-12-18(15)20-19(22)16-9-7-13-21(14-16)25(23,24)17-10-3-2-4-11-17/h2-6,8,10-12,16H,7,9,13-14H2,1H3,(H,20,22)/t16-/m0/s1. The van der Waals surface area contributed by atoms with E-state index in [1.165, 1.54) is 4.31 Å². The fraction of sp³-hybridized carbons (Fsp3) is 0.316. The topological polar surface area (TPSA) is 66.5 Å². The fourth-order valence-electron chi connectivity index (χ4n) is 3.06. The van der Waals surface area contributed by atoms with Gasteiger partial charge in [-0.2, -0.15) is 4.31 Å². The number of sulfonamides is 1. The molecular weight excluding hydrogens is 336 g/mol. The average molecular weight is 358 g/mol. The number of hydrogen-bond acceptors (Lipinski definition) is 3. The van der Waals surface area contributed by atoms with Gasteiger partial charge in [0.1, 0.15) is 0 Å². The van der Waals surface area contributed by atoms with Crippen LogP contribution in [-0.4, -0.2) is 31.7 Å². The highest BCUT2D eigenvalue weighted by Crippen LogP contribution is 2.25. The first-order valence-corrected chi connectivity index (χ1v) is 9.84. The minimum absolute atomic E-state index is 0.123. The third-order valence-corrected chi connectivity index (χ3v) is 6.42. The lowest BCUT2D eigenvalue weighted by Gasteiger charge is -2.31. The zero-order valence-electron chi connectivity index (χ0n) is 14.2. The number of rotatable bonds is 4. The molecule has 0 radical (unpaired) electrons. The maximum Gasteiger partial charge on any atom is 0.243 e. The van der Waals surface area contributed by atoms with Gasteiger partial charge >= 0.3 is 0 Å². The van der Waals surface area contributed by atoms with E-state index in [2.05, 4.69) is 5.32 Å². The number of aryl methyl sites for hydroxylation is 1. The van der Waals surface area contributed by atoms with Crippen molar-refractivity contribution >= 4 is 21.6 Å². The molecule has 3 rings (SSSR count). The van der Waals surface area contributed by atoms with Crippen molar-refractivity contribution in [1.29, 1.82) is 0 Å². The maximum atomic E-state index is 12.8. The Labute approximate surface area is 148 Å². The first-order chi connectivity index (χ1) is 12.0. The van der Waals surface area contributed by atoms with E-state index < -0.39 is 10.0 Å². The minimum Gasteiger partial charge on any atom is -0.326 e. The first kappa shape index (κ1) is 17.6. The molecule has 25 heavy (non-hydrogen) atoms. The Bertz CT molecular complexity index is 850. The smallest absolute Gasteiger partial charge is 0.243 e. The highest BCUT2D eigenvalue weighted by Gasteiger charge is 2.33. The van der Waals surface area contributed by atoms with Crippen LogP contribution in [0.5, 0.6) is 0 Å². The van der Waals surface area contributed by atoms with Crippen molar-refractivity contribution in [1.82, 2.24) is 4.31 Å². The number of amides is 1. The molecule has 5 nitrogen and oxygen atoms in total. The Kier molecular flexibility index (Phi) is 5.20. The molecule has 2 aromatic rings. The van der Waals surface area contributed by atoms with Gasteiger partial charge in [-0.3, -0.25) is 4.79 Å². The summed E-state index contributed by atoms with van der Waals surface area (Å²) >= 11 is 0. The van der Waals surface area contributed by atoms with E-state index in [4.69, 9.17) is 0 Å². The molecule has 1 saturated heterocycles. The lowest BCUT2D eigenvalue weighted by atomic mass is 9.98. The summed E-state index contributed by atoms with van der Waals surface area (Å²) in [6.45, 7) is 2.60. The normalized spacial score (nSPS) is 18.7. The van der Waals surface area contributed by atoms with Crippen molar-refractivity contribution < 1.29 is 13.2 Å². The van der Waals surface area contributed by atoms with Crippen LogP contribution in [-0.2, 0) is 14.8 Å². The first-order valence-electron chi connectivity index (χ1n) is 8.40. The summed E-state index contributed by atoms with van der Waals surface area (Å²) in [5.41, 5.74) is 1.76. The van der Waals surface area contributed by atoms with Crippen LogP contribution >= 0.6 is 0 Å². The van der Waals surface area contributed by atoms with E-state index in [0.29, 0.717) is 19.4 Å². The Morgan fingerprint density at radius 3 is 2.48 bits per heavy atom. The maximum absolute atomic E-state index is 12.8. The molecule has 1 aliphatic rings. The summed E-state index contributed by atoms with van der Waals surface area (Å²) < 4.78 is 26.9. The quantitative estimate of drug-likeness (QED) is 0.913. The molecule has 0 bridgehead atoms. The van der Waals surface area contributed by atoms with E-state index in [1.54, 1.807) is 30.3 Å². The van der Waals surface area contributed by atoms with Crippen LogP contribution < -0.4 is 5.32 Å². The van der Waals surface area contributed by atoms with Crippen LogP contribution in [0.25, 0.3) is 0 Å². The largest absolute Gasteiger partial charge is 0.326 e. The second-order valence-corrected chi connectivity index (χ2v) is 8.26. The molecule has 0 aromatic heterocycles. The second-order valence-electron chi connectivity index (χ2n) is 6.32. The number of anilines is 1. The predicted octanol–water partition coefficient (Wildman–Crippen LogP) is 3.03. The third-order valence-electron chi connectivity index (χ3n) is 4.54. The van der Waals surface area contributed by atoms with Gasteiger partial charge < -0.3 is 5.32 Å². The Morgan fingerprint density at radius 2 is 1.76 bits per heavy atom. The summed E-state index contributed by atoms with van der Waals surface area (Å²) in [5.74, 6) is -0.464. The fourth-order valence-corrected chi connectivity index (χ4v) is 4.61. The van der Waals surface area contributed by atoms with Crippen molar-refractivity contribution in [3.05, 3.63) is 60.2 Å². The summed E-state index contributed by atoms with van der Waals surface area (Å²) in [5, 5.41) is 2.93. The van der Waals surface area contributed by atoms with Crippen LogP contribution in [0, 0.1) is 12.8 Å². The number of hydrogen-bond donors (Lipinski definition) is 1. The van der Waals surface area contributed by atoms with E-state index in [1.807, 2.05) is 31.2 Å². The molecule has 0 aliphatic carbocycles. The number of benzene rings is 2. The predicted molar refractivity (Wildman–Crippen MR) is 97.7 cm³/mol. The number of carbonyl (C=O) groups excluding carboxylic acids is 1. The van der Waals surface area contributed by atoms with Gasteiger partial charge in [-0.25, -0.2) is 8.42 Å². The Morgan fingerprint density at radius 1 is 1.08 bits per heavy atom. The molecule has 1 N–H and O–H groups in total. The van der Waals surface area contributed by atoms with Gasteiger partial charge in [0.15, 0.2) is 0 Å². The van der Waals surface area contributed by atoms with Crippen LogP contribution in [0.2, 0.25) is 0 Å². The highest BCUT2D eigenvalue weighted by molar-refractivity contribution is 7.89. The van der Waals surface area contributed by atoms with Gasteiger partial charge in [0.05, 0.1) is 10.8 Å². The van der Waals surface area contributed by atoms with Crippen molar-refractivity contribution in [2.24, 2.45) is 5.92 Å². The number of piperidine rings is 1. The van der Waals surface area contributed by atoms with Crippen LogP contribution in [0.1, 0.15) is 18.4 Å². The van der Waals surface area contributed by atoms with Gasteiger partial charge in [-0.1, -0.05) is 36.4 Å². The average Bonchev–Trinajstić information content (AvgIpc) is 2.64. The Balaban J connectivity index is 1.73. The van der Waals surface area contributed by atoms with E-state index >= 15 is 0 Å². The third kappa shape index (κ3) is 3.91. The lowest BCUT2D eigenvalue weighted by Crippen LogP contribution is -2.43. The summed E-state index contributed by atoms with van der Waals surface area (Å²) in [6.07, 6.45) is 1.37. The van der Waals surface area contributed by atoms with E-state index in [0.717, 1.165) is 11.3 Å². The van der Waals surface area contributed by atoms with Crippen molar-refractivity contribution in [2.45, 2.75) is 24.7 Å². The molecule has 1 fully saturated rings. The number of para-hydroxylation sites is 1. The molecule has 1 amide bonds. The zero-order chi connectivity index (χ0) is 17.9. The van der Waals surface area contributed by atoms with Gasteiger partial charge in [0, 0.05) is 18.8 Å². The molecule has 1 atom stereocenters. The van der Waals surface area contributed by atoms with Gasteiger partial charge in [0.2, 0.25) is 15.9 Å². The van der Waals surface area contributed by atoms with Crippen LogP contribution in [0.3, 0.4) is 0 Å². The number of nitrogens with zero attached hydrogens (tertiary/aromatic N) is 1. The van der Waals surface area contributed by atoms with Crippen LogP contribution in [0.4, 0.5) is 5.69 Å². The summed E-state index contributed by atoms with van der Waals surface area (Å²) in [6, 6.07) is 16.0. The minimum atomic E-state index is -3.56. The van der Waals surface area contributed by atoms with Gasteiger partial charge in [0.25, 0.3) is 0 Å². The molecule has 6 heteroatoms. The molecule has 1 aliphatic heterocycles. The molecule has 0 unspecified atom stereocenters. The molecule has 2 aromatic carbocycles. The van der Waals surface area contributed by atoms with Gasteiger partial charge in [-0.05, 0) is 43.5 Å². The number of carbonyl (C=O) groups is 1.